The highest BCUT2D eigenvalue weighted by atomic mass is 16.6. The first-order chi connectivity index (χ1) is 9.50. The molecule has 1 heterocycles. The molecule has 0 saturated carbocycles. The smallest absolute Gasteiger partial charge is 0.274 e. The summed E-state index contributed by atoms with van der Waals surface area (Å²) in [5, 5.41) is 10.9. The Labute approximate surface area is 115 Å². The molecule has 0 aliphatic carbocycles. The van der Waals surface area contributed by atoms with Gasteiger partial charge in [0.15, 0.2) is 0 Å². The first kappa shape index (κ1) is 13.8. The monoisotopic (exact) mass is 274 g/mol. The molecule has 2 aromatic rings. The van der Waals surface area contributed by atoms with E-state index in [1.165, 1.54) is 17.2 Å². The molecule has 6 nitrogen and oxygen atoms in total. The number of carbonyl (C=O) groups excluding carboxylic acids is 1. The van der Waals surface area contributed by atoms with E-state index in [0.717, 1.165) is 0 Å². The fourth-order valence-electron chi connectivity index (χ4n) is 1.96. The number of nitro groups is 1. The molecule has 0 unspecified atom stereocenters. The molecule has 0 radical (unpaired) electrons. The number of rotatable bonds is 4. The lowest BCUT2D eigenvalue weighted by Gasteiger charge is -2.16. The van der Waals surface area contributed by atoms with Gasteiger partial charge in [0, 0.05) is 18.7 Å². The highest BCUT2D eigenvalue weighted by Gasteiger charge is 2.19. The van der Waals surface area contributed by atoms with E-state index < -0.39 is 4.92 Å². The number of aryl methyl sites for hydroxylation is 1. The van der Waals surface area contributed by atoms with Crippen LogP contribution in [0.25, 0.3) is 0 Å². The first-order valence-electron chi connectivity index (χ1n) is 6.02. The van der Waals surface area contributed by atoms with Gasteiger partial charge in [0.1, 0.15) is 5.76 Å². The number of amides is 1. The van der Waals surface area contributed by atoms with Crippen molar-refractivity contribution in [3.8, 4) is 0 Å². The van der Waals surface area contributed by atoms with Crippen LogP contribution in [0.1, 0.15) is 21.7 Å². The molecule has 0 aliphatic heterocycles. The fraction of sp³-hybridized carbons (Fsp3) is 0.214. The summed E-state index contributed by atoms with van der Waals surface area (Å²) in [7, 11) is 1.60. The van der Waals surface area contributed by atoms with Crippen LogP contribution in [-0.4, -0.2) is 22.8 Å². The Morgan fingerprint density at radius 1 is 1.35 bits per heavy atom. The van der Waals surface area contributed by atoms with Crippen molar-refractivity contribution in [2.45, 2.75) is 13.5 Å². The zero-order chi connectivity index (χ0) is 14.7. The molecule has 0 bridgehead atoms. The summed E-state index contributed by atoms with van der Waals surface area (Å²) in [4.78, 5) is 24.1. The average Bonchev–Trinajstić information content (AvgIpc) is 2.84. The van der Waals surface area contributed by atoms with Gasteiger partial charge in [0.2, 0.25) is 0 Å². The van der Waals surface area contributed by atoms with Gasteiger partial charge in [-0.25, -0.2) is 0 Å². The van der Waals surface area contributed by atoms with Crippen molar-refractivity contribution < 1.29 is 14.1 Å². The van der Waals surface area contributed by atoms with Gasteiger partial charge in [-0.3, -0.25) is 14.9 Å². The summed E-state index contributed by atoms with van der Waals surface area (Å²) >= 11 is 0. The molecule has 2 rings (SSSR count). The summed E-state index contributed by atoms with van der Waals surface area (Å²) in [5.74, 6) is 0.304. The van der Waals surface area contributed by atoms with E-state index in [-0.39, 0.29) is 18.1 Å². The SMILES string of the molecule is Cc1occc1C(=O)N(C)Cc1ccccc1[N+](=O)[O-]. The van der Waals surface area contributed by atoms with E-state index in [1.807, 2.05) is 0 Å². The van der Waals surface area contributed by atoms with Crippen LogP contribution in [0.3, 0.4) is 0 Å². The van der Waals surface area contributed by atoms with Crippen LogP contribution >= 0.6 is 0 Å². The maximum atomic E-state index is 12.2. The van der Waals surface area contributed by atoms with Crippen molar-refractivity contribution in [3.05, 3.63) is 63.6 Å². The lowest BCUT2D eigenvalue weighted by Crippen LogP contribution is -2.26. The van der Waals surface area contributed by atoms with Crippen molar-refractivity contribution in [3.63, 3.8) is 0 Å². The number of furan rings is 1. The van der Waals surface area contributed by atoms with Crippen LogP contribution in [0.15, 0.2) is 41.0 Å². The Morgan fingerprint density at radius 2 is 2.05 bits per heavy atom. The van der Waals surface area contributed by atoms with Crippen molar-refractivity contribution >= 4 is 11.6 Å². The Bertz CT molecular complexity index is 648. The van der Waals surface area contributed by atoms with Crippen LogP contribution in [0.5, 0.6) is 0 Å². The van der Waals surface area contributed by atoms with E-state index in [4.69, 9.17) is 4.42 Å². The molecule has 0 fully saturated rings. The molecule has 0 spiro atoms. The number of para-hydroxylation sites is 1. The molecule has 20 heavy (non-hydrogen) atoms. The molecule has 0 saturated heterocycles. The van der Waals surface area contributed by atoms with Crippen molar-refractivity contribution in [2.75, 3.05) is 7.05 Å². The molecular weight excluding hydrogens is 260 g/mol. The van der Waals surface area contributed by atoms with E-state index in [0.29, 0.717) is 16.9 Å². The second-order valence-corrected chi connectivity index (χ2v) is 4.44. The van der Waals surface area contributed by atoms with Gasteiger partial charge in [-0.1, -0.05) is 18.2 Å². The summed E-state index contributed by atoms with van der Waals surface area (Å²) in [6.45, 7) is 1.87. The predicted molar refractivity (Wildman–Crippen MR) is 72.3 cm³/mol. The summed E-state index contributed by atoms with van der Waals surface area (Å²) in [5.41, 5.74) is 0.969. The normalized spacial score (nSPS) is 10.3. The number of carbonyl (C=O) groups is 1. The van der Waals surface area contributed by atoms with Gasteiger partial charge in [-0.15, -0.1) is 0 Å². The zero-order valence-electron chi connectivity index (χ0n) is 11.2. The zero-order valence-corrected chi connectivity index (χ0v) is 11.2. The van der Waals surface area contributed by atoms with Crippen LogP contribution in [0.2, 0.25) is 0 Å². The summed E-state index contributed by atoms with van der Waals surface area (Å²) in [6.07, 6.45) is 1.45. The third-order valence-corrected chi connectivity index (χ3v) is 3.03. The lowest BCUT2D eigenvalue weighted by molar-refractivity contribution is -0.385. The summed E-state index contributed by atoms with van der Waals surface area (Å²) < 4.78 is 5.09. The fourth-order valence-corrected chi connectivity index (χ4v) is 1.96. The second kappa shape index (κ2) is 5.56. The molecule has 104 valence electrons. The molecule has 0 N–H and O–H groups in total. The quantitative estimate of drug-likeness (QED) is 0.634. The van der Waals surface area contributed by atoms with Gasteiger partial charge >= 0.3 is 0 Å². The van der Waals surface area contributed by atoms with Crippen molar-refractivity contribution in [1.29, 1.82) is 0 Å². The van der Waals surface area contributed by atoms with Crippen molar-refractivity contribution in [2.24, 2.45) is 0 Å². The van der Waals surface area contributed by atoms with Gasteiger partial charge in [0.05, 0.1) is 23.3 Å². The van der Waals surface area contributed by atoms with E-state index in [9.17, 15) is 14.9 Å². The molecule has 0 aliphatic rings. The van der Waals surface area contributed by atoms with Gasteiger partial charge in [0.25, 0.3) is 11.6 Å². The highest BCUT2D eigenvalue weighted by molar-refractivity contribution is 5.94. The minimum absolute atomic E-state index is 0.0102. The molecule has 0 atom stereocenters. The number of hydrogen-bond acceptors (Lipinski definition) is 4. The Kier molecular flexibility index (Phi) is 3.84. The van der Waals surface area contributed by atoms with E-state index in [2.05, 4.69) is 0 Å². The molecular formula is C14H14N2O4. The molecule has 1 aromatic carbocycles. The first-order valence-corrected chi connectivity index (χ1v) is 6.02. The van der Waals surface area contributed by atoms with E-state index in [1.54, 1.807) is 38.2 Å². The number of hydrogen-bond donors (Lipinski definition) is 0. The average molecular weight is 274 g/mol. The minimum Gasteiger partial charge on any atom is -0.469 e. The third kappa shape index (κ3) is 2.69. The van der Waals surface area contributed by atoms with Crippen LogP contribution in [0, 0.1) is 17.0 Å². The van der Waals surface area contributed by atoms with Gasteiger partial charge in [-0.05, 0) is 13.0 Å². The summed E-state index contributed by atoms with van der Waals surface area (Å²) in [6, 6.07) is 7.97. The second-order valence-electron chi connectivity index (χ2n) is 4.44. The topological polar surface area (TPSA) is 76.6 Å². The van der Waals surface area contributed by atoms with Crippen molar-refractivity contribution in [1.82, 2.24) is 4.90 Å². The Balaban J connectivity index is 2.20. The maximum Gasteiger partial charge on any atom is 0.274 e. The highest BCUT2D eigenvalue weighted by Crippen LogP contribution is 2.20. The van der Waals surface area contributed by atoms with Gasteiger partial charge < -0.3 is 9.32 Å². The molecule has 6 heteroatoms. The third-order valence-electron chi connectivity index (χ3n) is 3.03. The maximum absolute atomic E-state index is 12.2. The van der Waals surface area contributed by atoms with Crippen LogP contribution in [-0.2, 0) is 6.54 Å². The molecule has 1 aromatic heterocycles. The van der Waals surface area contributed by atoms with Gasteiger partial charge in [-0.2, -0.15) is 0 Å². The Morgan fingerprint density at radius 3 is 2.65 bits per heavy atom. The van der Waals surface area contributed by atoms with Crippen LogP contribution in [0.4, 0.5) is 5.69 Å². The predicted octanol–water partition coefficient (Wildman–Crippen LogP) is 2.77. The largest absolute Gasteiger partial charge is 0.469 e. The minimum atomic E-state index is -0.448. The number of nitro benzene ring substituents is 1. The number of benzene rings is 1. The van der Waals surface area contributed by atoms with Crippen LogP contribution < -0.4 is 0 Å². The number of nitrogens with zero attached hydrogens (tertiary/aromatic N) is 2. The standard InChI is InChI=1S/C14H14N2O4/c1-10-12(7-8-20-10)14(17)15(2)9-11-5-3-4-6-13(11)16(18)19/h3-8H,9H2,1-2H3. The molecule has 1 amide bonds. The lowest BCUT2D eigenvalue weighted by atomic mass is 10.1. The van der Waals surface area contributed by atoms with E-state index >= 15 is 0 Å². The Hall–Kier alpha value is -2.63.